The molecule has 0 spiro atoms. The zero-order valence-corrected chi connectivity index (χ0v) is 15.3. The average molecular weight is 372 g/mol. The van der Waals surface area contributed by atoms with Gasteiger partial charge in [-0.3, -0.25) is 14.9 Å². The van der Waals surface area contributed by atoms with E-state index in [-0.39, 0.29) is 0 Å². The van der Waals surface area contributed by atoms with E-state index in [1.807, 2.05) is 0 Å². The van der Waals surface area contributed by atoms with E-state index < -0.39 is 17.4 Å². The number of amides is 2. The van der Waals surface area contributed by atoms with Gasteiger partial charge in [0, 0.05) is 5.92 Å². The molecule has 7 nitrogen and oxygen atoms in total. The first-order valence-electron chi connectivity index (χ1n) is 8.80. The first kappa shape index (κ1) is 17.0. The summed E-state index contributed by atoms with van der Waals surface area (Å²) >= 11 is 1.38. The van der Waals surface area contributed by atoms with Gasteiger partial charge >= 0.3 is 0 Å². The standard InChI is InChI=1S/C18H20N4O3S/c1-18(15(23)19-12-9-5-6-10-13(12)25-18)16(24)20-17-22-21-14(26-17)11-7-3-2-4-8-11/h5-6,9-11H,2-4,7-8H2,1H3,(H,19,23)(H,20,22,24). The highest BCUT2D eigenvalue weighted by molar-refractivity contribution is 7.15. The van der Waals surface area contributed by atoms with Gasteiger partial charge in [0.2, 0.25) is 5.13 Å². The van der Waals surface area contributed by atoms with Gasteiger partial charge in [-0.15, -0.1) is 10.2 Å². The third-order valence-electron chi connectivity index (χ3n) is 4.93. The zero-order chi connectivity index (χ0) is 18.1. The summed E-state index contributed by atoms with van der Waals surface area (Å²) in [4.78, 5) is 25.2. The van der Waals surface area contributed by atoms with Crippen molar-refractivity contribution in [3.63, 3.8) is 0 Å². The number of hydrogen-bond acceptors (Lipinski definition) is 6. The van der Waals surface area contributed by atoms with Crippen molar-refractivity contribution in [2.24, 2.45) is 0 Å². The predicted molar refractivity (Wildman–Crippen MR) is 98.5 cm³/mol. The Morgan fingerprint density at radius 1 is 1.27 bits per heavy atom. The summed E-state index contributed by atoms with van der Waals surface area (Å²) in [7, 11) is 0. The van der Waals surface area contributed by atoms with Gasteiger partial charge < -0.3 is 10.1 Å². The molecule has 1 atom stereocenters. The van der Waals surface area contributed by atoms with Crippen molar-refractivity contribution in [2.45, 2.75) is 50.5 Å². The van der Waals surface area contributed by atoms with Gasteiger partial charge in [-0.25, -0.2) is 0 Å². The van der Waals surface area contributed by atoms with Crippen LogP contribution >= 0.6 is 11.3 Å². The van der Waals surface area contributed by atoms with Gasteiger partial charge in [-0.2, -0.15) is 0 Å². The van der Waals surface area contributed by atoms with E-state index in [0.717, 1.165) is 17.8 Å². The lowest BCUT2D eigenvalue weighted by Crippen LogP contribution is -2.56. The zero-order valence-electron chi connectivity index (χ0n) is 14.4. The summed E-state index contributed by atoms with van der Waals surface area (Å²) in [6.45, 7) is 1.46. The van der Waals surface area contributed by atoms with Crippen molar-refractivity contribution in [3.8, 4) is 5.75 Å². The Labute approximate surface area is 155 Å². The molecule has 26 heavy (non-hydrogen) atoms. The Morgan fingerprint density at radius 3 is 2.85 bits per heavy atom. The third kappa shape index (κ3) is 3.05. The van der Waals surface area contributed by atoms with E-state index in [9.17, 15) is 9.59 Å². The van der Waals surface area contributed by atoms with Crippen molar-refractivity contribution in [2.75, 3.05) is 10.6 Å². The molecule has 2 N–H and O–H groups in total. The van der Waals surface area contributed by atoms with Crippen molar-refractivity contribution < 1.29 is 14.3 Å². The number of anilines is 2. The normalized spacial score (nSPS) is 22.9. The molecule has 1 unspecified atom stereocenters. The van der Waals surface area contributed by atoms with Crippen molar-refractivity contribution in [1.29, 1.82) is 0 Å². The first-order chi connectivity index (χ1) is 12.6. The number of hydrogen-bond donors (Lipinski definition) is 2. The van der Waals surface area contributed by atoms with Crippen LogP contribution in [-0.2, 0) is 9.59 Å². The smallest absolute Gasteiger partial charge is 0.280 e. The Balaban J connectivity index is 1.49. The number of nitrogens with one attached hydrogen (secondary N) is 2. The lowest BCUT2D eigenvalue weighted by molar-refractivity contribution is -0.143. The fourth-order valence-corrected chi connectivity index (χ4v) is 4.24. The molecule has 1 aromatic heterocycles. The summed E-state index contributed by atoms with van der Waals surface area (Å²) in [5.41, 5.74) is -1.11. The maximum absolute atomic E-state index is 12.7. The van der Waals surface area contributed by atoms with Gasteiger partial charge in [0.25, 0.3) is 17.4 Å². The third-order valence-corrected chi connectivity index (χ3v) is 5.93. The van der Waals surface area contributed by atoms with E-state index in [1.165, 1.54) is 37.5 Å². The number of aromatic nitrogens is 2. The fraction of sp³-hybridized carbons (Fsp3) is 0.444. The Morgan fingerprint density at radius 2 is 2.04 bits per heavy atom. The van der Waals surface area contributed by atoms with Gasteiger partial charge in [0.1, 0.15) is 10.8 Å². The lowest BCUT2D eigenvalue weighted by Gasteiger charge is -2.32. The average Bonchev–Trinajstić information content (AvgIpc) is 3.12. The monoisotopic (exact) mass is 372 g/mol. The minimum Gasteiger partial charge on any atom is -0.466 e. The number of fused-ring (bicyclic) bond motifs is 1. The van der Waals surface area contributed by atoms with E-state index in [0.29, 0.717) is 22.5 Å². The van der Waals surface area contributed by atoms with Crippen LogP contribution in [0.4, 0.5) is 10.8 Å². The molecule has 1 saturated carbocycles. The summed E-state index contributed by atoms with van der Waals surface area (Å²) in [6, 6.07) is 7.02. The molecule has 8 heteroatoms. The van der Waals surface area contributed by atoms with Crippen molar-refractivity contribution in [1.82, 2.24) is 10.2 Å². The van der Waals surface area contributed by atoms with Crippen LogP contribution in [0.1, 0.15) is 50.0 Å². The van der Waals surface area contributed by atoms with Crippen LogP contribution in [0.3, 0.4) is 0 Å². The molecular formula is C18H20N4O3S. The number of benzene rings is 1. The quantitative estimate of drug-likeness (QED) is 0.806. The molecule has 0 radical (unpaired) electrons. The van der Waals surface area contributed by atoms with Crippen molar-refractivity contribution >= 4 is 34.0 Å². The lowest BCUT2D eigenvalue weighted by atomic mass is 9.90. The molecule has 2 aliphatic rings. The maximum atomic E-state index is 12.7. The number of ether oxygens (including phenoxy) is 1. The highest BCUT2D eigenvalue weighted by atomic mass is 32.1. The van der Waals surface area contributed by atoms with E-state index in [4.69, 9.17) is 4.74 Å². The van der Waals surface area contributed by atoms with Crippen LogP contribution in [0.15, 0.2) is 24.3 Å². The molecule has 1 fully saturated rings. The largest absolute Gasteiger partial charge is 0.466 e. The second kappa shape index (κ2) is 6.68. The summed E-state index contributed by atoms with van der Waals surface area (Å²) in [6.07, 6.45) is 5.91. The van der Waals surface area contributed by atoms with Crippen LogP contribution in [0.25, 0.3) is 0 Å². The first-order valence-corrected chi connectivity index (χ1v) is 9.62. The number of rotatable bonds is 3. The van der Waals surface area contributed by atoms with Gasteiger partial charge in [-0.05, 0) is 31.9 Å². The Kier molecular flexibility index (Phi) is 4.36. The Bertz CT molecular complexity index is 846. The molecule has 136 valence electrons. The van der Waals surface area contributed by atoms with E-state index >= 15 is 0 Å². The molecule has 2 amide bonds. The van der Waals surface area contributed by atoms with E-state index in [2.05, 4.69) is 20.8 Å². The van der Waals surface area contributed by atoms with Crippen LogP contribution in [0, 0.1) is 0 Å². The second-order valence-corrected chi connectivity index (χ2v) is 7.83. The number of carbonyl (C=O) groups is 2. The van der Waals surface area contributed by atoms with Crippen LogP contribution in [0.2, 0.25) is 0 Å². The second-order valence-electron chi connectivity index (χ2n) is 6.82. The van der Waals surface area contributed by atoms with Gasteiger partial charge in [0.15, 0.2) is 0 Å². The number of carbonyl (C=O) groups excluding carboxylic acids is 2. The molecule has 0 bridgehead atoms. The van der Waals surface area contributed by atoms with Crippen molar-refractivity contribution in [3.05, 3.63) is 29.3 Å². The van der Waals surface area contributed by atoms with Crippen LogP contribution in [0.5, 0.6) is 5.75 Å². The molecule has 0 saturated heterocycles. The van der Waals surface area contributed by atoms with Gasteiger partial charge in [0.05, 0.1) is 5.69 Å². The van der Waals surface area contributed by atoms with Crippen LogP contribution in [-0.4, -0.2) is 27.6 Å². The minimum atomic E-state index is -1.66. The fourth-order valence-electron chi connectivity index (χ4n) is 3.33. The van der Waals surface area contributed by atoms with Crippen LogP contribution < -0.4 is 15.4 Å². The minimum absolute atomic E-state index is 0.395. The molecule has 1 aliphatic heterocycles. The van der Waals surface area contributed by atoms with Gasteiger partial charge in [-0.1, -0.05) is 42.7 Å². The SMILES string of the molecule is CC1(C(=O)Nc2nnc(C3CCCCC3)s2)Oc2ccccc2NC1=O. The summed E-state index contributed by atoms with van der Waals surface area (Å²) in [5, 5.41) is 15.1. The molecular weight excluding hydrogens is 352 g/mol. The summed E-state index contributed by atoms with van der Waals surface area (Å²) in [5.74, 6) is -0.185. The molecule has 1 aliphatic carbocycles. The van der Waals surface area contributed by atoms with E-state index in [1.54, 1.807) is 24.3 Å². The highest BCUT2D eigenvalue weighted by Crippen LogP contribution is 2.36. The molecule has 4 rings (SSSR count). The summed E-state index contributed by atoms with van der Waals surface area (Å²) < 4.78 is 5.72. The Hall–Kier alpha value is -2.48. The number of nitrogens with zero attached hydrogens (tertiary/aromatic N) is 2. The molecule has 2 aromatic rings. The highest BCUT2D eigenvalue weighted by Gasteiger charge is 2.47. The number of para-hydroxylation sites is 2. The topological polar surface area (TPSA) is 93.2 Å². The predicted octanol–water partition coefficient (Wildman–Crippen LogP) is 3.31. The molecule has 2 heterocycles. The maximum Gasteiger partial charge on any atom is 0.280 e. The molecule has 1 aromatic carbocycles.